The number of H-pyrrole nitrogens is 2. The molecule has 3 aromatic rings. The molecule has 6 heteroatoms. The molecule has 0 atom stereocenters. The molecule has 222 valence electrons. The van der Waals surface area contributed by atoms with Gasteiger partial charge in [-0.05, 0) is 103 Å². The number of esters is 1. The van der Waals surface area contributed by atoms with E-state index in [4.69, 9.17) is 14.7 Å². The lowest BCUT2D eigenvalue weighted by atomic mass is 9.78. The van der Waals surface area contributed by atoms with Crippen LogP contribution in [0.1, 0.15) is 120 Å². The summed E-state index contributed by atoms with van der Waals surface area (Å²) in [6.07, 6.45) is 6.61. The third-order valence-corrected chi connectivity index (χ3v) is 9.54. The largest absolute Gasteiger partial charge is 0.407 e. The molecule has 8 bridgehead atoms. The first-order chi connectivity index (χ1) is 20.3. The second kappa shape index (κ2) is 11.9. The number of rotatable bonds is 8. The maximum atomic E-state index is 13.7. The number of hydrogen-bond donors (Lipinski definition) is 2. The number of nitrogens with zero attached hydrogens (tertiary/aromatic N) is 2. The van der Waals surface area contributed by atoms with Crippen LogP contribution in [0.25, 0.3) is 33.2 Å². The molecule has 2 aliphatic heterocycles. The van der Waals surface area contributed by atoms with Gasteiger partial charge >= 0.3 is 5.97 Å². The van der Waals surface area contributed by atoms with E-state index in [0.717, 1.165) is 77.7 Å². The molecule has 3 aromatic heterocycles. The van der Waals surface area contributed by atoms with Crippen molar-refractivity contribution in [1.82, 2.24) is 19.9 Å². The highest BCUT2D eigenvalue weighted by molar-refractivity contribution is 5.93. The van der Waals surface area contributed by atoms with Gasteiger partial charge in [0.2, 0.25) is 5.88 Å². The summed E-state index contributed by atoms with van der Waals surface area (Å²) >= 11 is 0. The standard InChI is InChI=1S/C36H46N4O2/c1-9-21-22(10-2)28-18-30-24(12-4)26(14-6)32(39-30)20-34-40-33(36(15-7,16-8)35(41)42-34)19-31-25(13-5)23(11-3)29(38-31)17-27(21)37-28/h17-20,37-38H,9-16H2,1-8H3. The molecule has 0 saturated carbocycles. The van der Waals surface area contributed by atoms with E-state index >= 15 is 0 Å². The molecule has 0 aliphatic carbocycles. The number of carbonyl (C=O) groups is 1. The maximum Gasteiger partial charge on any atom is 0.324 e. The fourth-order valence-corrected chi connectivity index (χ4v) is 7.17. The van der Waals surface area contributed by atoms with Gasteiger partial charge in [-0.1, -0.05) is 55.4 Å². The Balaban J connectivity index is 2.04. The van der Waals surface area contributed by atoms with Gasteiger partial charge in [0, 0.05) is 28.1 Å². The van der Waals surface area contributed by atoms with Crippen LogP contribution in [0.4, 0.5) is 0 Å². The highest BCUT2D eigenvalue weighted by Gasteiger charge is 2.43. The molecule has 5 heterocycles. The first kappa shape index (κ1) is 29.8. The molecule has 5 rings (SSSR count). The summed E-state index contributed by atoms with van der Waals surface area (Å²) in [5.41, 5.74) is 13.9. The lowest BCUT2D eigenvalue weighted by Crippen LogP contribution is -2.41. The van der Waals surface area contributed by atoms with Crippen molar-refractivity contribution in [2.24, 2.45) is 0 Å². The van der Waals surface area contributed by atoms with Crippen LogP contribution in [0.15, 0.2) is 24.3 Å². The molecule has 2 aliphatic rings. The third kappa shape index (κ3) is 4.69. The molecular formula is C36H46N4O2. The third-order valence-electron chi connectivity index (χ3n) is 9.54. The predicted molar refractivity (Wildman–Crippen MR) is 174 cm³/mol. The zero-order valence-electron chi connectivity index (χ0n) is 26.7. The van der Waals surface area contributed by atoms with E-state index in [1.807, 2.05) is 19.9 Å². The van der Waals surface area contributed by atoms with Crippen molar-refractivity contribution in [3.8, 4) is 5.88 Å². The Morgan fingerprint density at radius 3 is 1.50 bits per heavy atom. The Labute approximate surface area is 250 Å². The summed E-state index contributed by atoms with van der Waals surface area (Å²) in [7, 11) is 0. The normalized spacial score (nSPS) is 14.8. The summed E-state index contributed by atoms with van der Waals surface area (Å²) in [5, 5.41) is 0. The molecule has 0 unspecified atom stereocenters. The van der Waals surface area contributed by atoms with Gasteiger partial charge in [-0.25, -0.2) is 9.97 Å². The number of ether oxygens (including phenoxy) is 1. The van der Waals surface area contributed by atoms with Crippen molar-refractivity contribution < 1.29 is 9.53 Å². The average molecular weight is 567 g/mol. The summed E-state index contributed by atoms with van der Waals surface area (Å²) in [6, 6.07) is 8.48. The van der Waals surface area contributed by atoms with E-state index in [1.165, 1.54) is 33.4 Å². The Bertz CT molecular complexity index is 1720. The second-order valence-corrected chi connectivity index (χ2v) is 11.4. The van der Waals surface area contributed by atoms with E-state index < -0.39 is 5.41 Å². The number of aromatic nitrogens is 4. The van der Waals surface area contributed by atoms with Crippen LogP contribution in [-0.4, -0.2) is 25.9 Å². The monoisotopic (exact) mass is 566 g/mol. The van der Waals surface area contributed by atoms with Crippen LogP contribution in [-0.2, 0) is 35.9 Å². The Morgan fingerprint density at radius 2 is 1.05 bits per heavy atom. The zero-order chi connectivity index (χ0) is 30.2. The number of nitrogens with one attached hydrogen (secondary N) is 2. The topological polar surface area (TPSA) is 83.7 Å². The summed E-state index contributed by atoms with van der Waals surface area (Å²) in [4.78, 5) is 31.4. The van der Waals surface area contributed by atoms with Crippen LogP contribution >= 0.6 is 0 Å². The van der Waals surface area contributed by atoms with E-state index in [9.17, 15) is 4.79 Å². The van der Waals surface area contributed by atoms with Crippen LogP contribution in [0, 0.1) is 0 Å². The molecule has 0 radical (unpaired) electrons. The summed E-state index contributed by atoms with van der Waals surface area (Å²) in [5.74, 6) is 0.0760. The van der Waals surface area contributed by atoms with Gasteiger partial charge in [0.15, 0.2) is 0 Å². The Hall–Kier alpha value is -3.67. The van der Waals surface area contributed by atoms with Gasteiger partial charge in [-0.15, -0.1) is 0 Å². The van der Waals surface area contributed by atoms with Crippen LogP contribution < -0.4 is 4.74 Å². The number of carbonyl (C=O) groups excluding carboxylic acids is 1. The van der Waals surface area contributed by atoms with E-state index in [1.54, 1.807) is 0 Å². The molecule has 42 heavy (non-hydrogen) atoms. The predicted octanol–water partition coefficient (Wildman–Crippen LogP) is 8.96. The smallest absolute Gasteiger partial charge is 0.324 e. The average Bonchev–Trinajstić information content (AvgIpc) is 3.62. The number of aryl methyl sites for hydroxylation is 4. The van der Waals surface area contributed by atoms with Crippen molar-refractivity contribution in [3.63, 3.8) is 0 Å². The summed E-state index contributed by atoms with van der Waals surface area (Å²) < 4.78 is 5.97. The molecular weight excluding hydrogens is 520 g/mol. The maximum absolute atomic E-state index is 13.7. The van der Waals surface area contributed by atoms with Crippen molar-refractivity contribution in [1.29, 1.82) is 0 Å². The molecule has 0 fully saturated rings. The van der Waals surface area contributed by atoms with Crippen molar-refractivity contribution in [3.05, 3.63) is 63.6 Å². The van der Waals surface area contributed by atoms with Gasteiger partial charge in [0.25, 0.3) is 0 Å². The highest BCUT2D eigenvalue weighted by Crippen LogP contribution is 2.39. The van der Waals surface area contributed by atoms with Crippen molar-refractivity contribution >= 4 is 39.2 Å². The Kier molecular flexibility index (Phi) is 8.45. The van der Waals surface area contributed by atoms with E-state index in [2.05, 4.69) is 69.7 Å². The number of fused-ring (bicyclic) bond motifs is 8. The molecule has 2 N–H and O–H groups in total. The quantitative estimate of drug-likeness (QED) is 0.267. The van der Waals surface area contributed by atoms with E-state index in [0.29, 0.717) is 18.7 Å². The van der Waals surface area contributed by atoms with Crippen molar-refractivity contribution in [2.75, 3.05) is 0 Å². The minimum atomic E-state index is -0.796. The van der Waals surface area contributed by atoms with Crippen molar-refractivity contribution in [2.45, 2.75) is 112 Å². The SMILES string of the molecule is CCC1=C(CC)c2cc3[nH]c(cc4[nH]c(cc5nc(cc1n2)OC(=O)C5(CC)CC)c(CC)c4CC)c(CC)c3CC. The molecule has 0 spiro atoms. The first-order valence-electron chi connectivity index (χ1n) is 16.1. The van der Waals surface area contributed by atoms with E-state index in [-0.39, 0.29) is 5.97 Å². The first-order valence-corrected chi connectivity index (χ1v) is 16.1. The fourth-order valence-electron chi connectivity index (χ4n) is 7.17. The fraction of sp³-hybridized carbons (Fsp3) is 0.472. The minimum Gasteiger partial charge on any atom is -0.407 e. The van der Waals surface area contributed by atoms with Crippen LogP contribution in [0.5, 0.6) is 5.88 Å². The highest BCUT2D eigenvalue weighted by atomic mass is 16.5. The molecule has 0 aromatic carbocycles. The second-order valence-electron chi connectivity index (χ2n) is 11.4. The Morgan fingerprint density at radius 1 is 0.595 bits per heavy atom. The molecule has 0 saturated heterocycles. The summed E-state index contributed by atoms with van der Waals surface area (Å²) in [6.45, 7) is 17.3. The lowest BCUT2D eigenvalue weighted by Gasteiger charge is -2.31. The number of aromatic amines is 2. The van der Waals surface area contributed by atoms with Gasteiger partial charge in [0.1, 0.15) is 5.41 Å². The van der Waals surface area contributed by atoms with Gasteiger partial charge < -0.3 is 14.7 Å². The number of allylic oxidation sites excluding steroid dienone is 2. The molecule has 6 nitrogen and oxygen atoms in total. The molecule has 0 amide bonds. The van der Waals surface area contributed by atoms with Gasteiger partial charge in [0.05, 0.1) is 17.1 Å². The van der Waals surface area contributed by atoms with Crippen LogP contribution in [0.2, 0.25) is 0 Å². The van der Waals surface area contributed by atoms with Gasteiger partial charge in [-0.2, -0.15) is 0 Å². The number of hydrogen-bond acceptors (Lipinski definition) is 4. The minimum absolute atomic E-state index is 0.238. The zero-order valence-corrected chi connectivity index (χ0v) is 26.7. The lowest BCUT2D eigenvalue weighted by molar-refractivity contribution is -0.143. The van der Waals surface area contributed by atoms with Crippen LogP contribution in [0.3, 0.4) is 0 Å². The van der Waals surface area contributed by atoms with Gasteiger partial charge in [-0.3, -0.25) is 4.79 Å².